The average molecular weight is 158 g/mol. The summed E-state index contributed by atoms with van der Waals surface area (Å²) in [5, 5.41) is 9.84. The lowest BCUT2D eigenvalue weighted by molar-refractivity contribution is -0.211. The molecule has 0 aliphatic carbocycles. The lowest BCUT2D eigenvalue weighted by Crippen LogP contribution is -2.56. The van der Waals surface area contributed by atoms with Gasteiger partial charge in [0, 0.05) is 5.41 Å². The first-order chi connectivity index (χ1) is 5.02. The van der Waals surface area contributed by atoms with Crippen molar-refractivity contribution < 1.29 is 9.84 Å². The molecule has 2 heteroatoms. The molecule has 0 aromatic carbocycles. The molecule has 1 aliphatic rings. The fourth-order valence-electron chi connectivity index (χ4n) is 1.63. The summed E-state index contributed by atoms with van der Waals surface area (Å²) in [5.74, 6) is 0. The van der Waals surface area contributed by atoms with Crippen molar-refractivity contribution in [2.45, 2.75) is 39.2 Å². The van der Waals surface area contributed by atoms with Gasteiger partial charge in [0.2, 0.25) is 0 Å². The van der Waals surface area contributed by atoms with Gasteiger partial charge in [0.25, 0.3) is 0 Å². The first kappa shape index (κ1) is 9.01. The normalized spacial score (nSPS) is 22.9. The summed E-state index contributed by atoms with van der Waals surface area (Å²) in [5.41, 5.74) is -0.539. The minimum atomic E-state index is -0.582. The van der Waals surface area contributed by atoms with E-state index in [1.54, 1.807) is 0 Å². The summed E-state index contributed by atoms with van der Waals surface area (Å²) in [4.78, 5) is 0. The Labute approximate surface area is 68.6 Å². The van der Waals surface area contributed by atoms with Gasteiger partial charge in [-0.1, -0.05) is 13.3 Å². The van der Waals surface area contributed by atoms with Crippen LogP contribution in [-0.2, 0) is 4.74 Å². The molecule has 2 nitrogen and oxygen atoms in total. The highest BCUT2D eigenvalue weighted by molar-refractivity contribution is 4.97. The predicted molar refractivity (Wildman–Crippen MR) is 44.5 cm³/mol. The third-order valence-corrected chi connectivity index (χ3v) is 2.78. The molecule has 0 atom stereocenters. The van der Waals surface area contributed by atoms with Crippen molar-refractivity contribution in [2.75, 3.05) is 13.2 Å². The maximum Gasteiger partial charge on any atom is 0.0691 e. The van der Waals surface area contributed by atoms with Gasteiger partial charge < -0.3 is 9.84 Å². The molecule has 66 valence electrons. The van der Waals surface area contributed by atoms with E-state index in [0.29, 0.717) is 0 Å². The van der Waals surface area contributed by atoms with Crippen LogP contribution < -0.4 is 0 Å². The second-order valence-electron chi connectivity index (χ2n) is 4.08. The summed E-state index contributed by atoms with van der Waals surface area (Å²) < 4.78 is 5.16. The van der Waals surface area contributed by atoms with Gasteiger partial charge in [-0.25, -0.2) is 0 Å². The van der Waals surface area contributed by atoms with E-state index in [0.717, 1.165) is 26.1 Å². The molecule has 1 fully saturated rings. The van der Waals surface area contributed by atoms with Gasteiger partial charge in [-0.05, 0) is 20.3 Å². The van der Waals surface area contributed by atoms with Gasteiger partial charge in [0.15, 0.2) is 0 Å². The molecule has 1 N–H and O–H groups in total. The van der Waals surface area contributed by atoms with Crippen molar-refractivity contribution in [1.82, 2.24) is 0 Å². The molecule has 0 saturated carbocycles. The maximum absolute atomic E-state index is 9.84. The number of aliphatic hydroxyl groups is 1. The van der Waals surface area contributed by atoms with E-state index >= 15 is 0 Å². The van der Waals surface area contributed by atoms with Crippen LogP contribution in [0.2, 0.25) is 0 Å². The van der Waals surface area contributed by atoms with E-state index in [4.69, 9.17) is 4.74 Å². The van der Waals surface area contributed by atoms with E-state index in [2.05, 4.69) is 6.92 Å². The lowest BCUT2D eigenvalue weighted by Gasteiger charge is -2.49. The SMILES string of the molecule is CCCC1(C(C)(C)O)COC1. The van der Waals surface area contributed by atoms with Crippen LogP contribution in [0.15, 0.2) is 0 Å². The standard InChI is InChI=1S/C9H18O2/c1-4-5-9(6-11-7-9)8(2,3)10/h10H,4-7H2,1-3H3. The van der Waals surface area contributed by atoms with Crippen LogP contribution >= 0.6 is 0 Å². The molecule has 1 heterocycles. The summed E-state index contributed by atoms with van der Waals surface area (Å²) in [6.45, 7) is 7.36. The van der Waals surface area contributed by atoms with Crippen LogP contribution in [0.5, 0.6) is 0 Å². The minimum Gasteiger partial charge on any atom is -0.390 e. The van der Waals surface area contributed by atoms with E-state index in [1.165, 1.54) is 0 Å². The third kappa shape index (κ3) is 1.42. The first-order valence-corrected chi connectivity index (χ1v) is 4.32. The Kier molecular flexibility index (Phi) is 2.26. The monoisotopic (exact) mass is 158 g/mol. The van der Waals surface area contributed by atoms with Crippen molar-refractivity contribution in [1.29, 1.82) is 0 Å². The van der Waals surface area contributed by atoms with Gasteiger partial charge >= 0.3 is 0 Å². The number of hydrogen-bond donors (Lipinski definition) is 1. The van der Waals surface area contributed by atoms with Crippen LogP contribution in [0.1, 0.15) is 33.6 Å². The Hall–Kier alpha value is -0.0800. The quantitative estimate of drug-likeness (QED) is 0.675. The Morgan fingerprint density at radius 2 is 2.00 bits per heavy atom. The fourth-order valence-corrected chi connectivity index (χ4v) is 1.63. The van der Waals surface area contributed by atoms with Crippen molar-refractivity contribution >= 4 is 0 Å². The van der Waals surface area contributed by atoms with Gasteiger partial charge in [-0.15, -0.1) is 0 Å². The van der Waals surface area contributed by atoms with Gasteiger partial charge in [-0.3, -0.25) is 0 Å². The number of rotatable bonds is 3. The van der Waals surface area contributed by atoms with E-state index in [-0.39, 0.29) is 5.41 Å². The predicted octanol–water partition coefficient (Wildman–Crippen LogP) is 1.57. The smallest absolute Gasteiger partial charge is 0.0691 e. The molecule has 0 aromatic heterocycles. The number of ether oxygens (including phenoxy) is 1. The van der Waals surface area contributed by atoms with Crippen molar-refractivity contribution in [3.63, 3.8) is 0 Å². The molecule has 1 rings (SSSR count). The highest BCUT2D eigenvalue weighted by Gasteiger charge is 2.49. The molecule has 0 aromatic rings. The molecular formula is C9H18O2. The third-order valence-electron chi connectivity index (χ3n) is 2.78. The maximum atomic E-state index is 9.84. The molecule has 1 saturated heterocycles. The molecular weight excluding hydrogens is 140 g/mol. The summed E-state index contributed by atoms with van der Waals surface area (Å²) in [6.07, 6.45) is 2.18. The van der Waals surface area contributed by atoms with Crippen LogP contribution in [0.25, 0.3) is 0 Å². The van der Waals surface area contributed by atoms with E-state index in [1.807, 2.05) is 13.8 Å². The molecule has 11 heavy (non-hydrogen) atoms. The summed E-state index contributed by atoms with van der Waals surface area (Å²) in [7, 11) is 0. The number of hydrogen-bond acceptors (Lipinski definition) is 2. The second kappa shape index (κ2) is 2.76. The van der Waals surface area contributed by atoms with Crippen molar-refractivity contribution in [2.24, 2.45) is 5.41 Å². The highest BCUT2D eigenvalue weighted by Crippen LogP contribution is 2.42. The van der Waals surface area contributed by atoms with Gasteiger partial charge in [-0.2, -0.15) is 0 Å². The average Bonchev–Trinajstić information content (AvgIpc) is 1.75. The van der Waals surface area contributed by atoms with Crippen molar-refractivity contribution in [3.8, 4) is 0 Å². The van der Waals surface area contributed by atoms with Crippen LogP contribution in [0, 0.1) is 5.41 Å². The topological polar surface area (TPSA) is 29.5 Å². The summed E-state index contributed by atoms with van der Waals surface area (Å²) in [6, 6.07) is 0. The fraction of sp³-hybridized carbons (Fsp3) is 1.00. The summed E-state index contributed by atoms with van der Waals surface area (Å²) >= 11 is 0. The zero-order chi connectivity index (χ0) is 8.54. The Morgan fingerprint density at radius 1 is 1.45 bits per heavy atom. The second-order valence-corrected chi connectivity index (χ2v) is 4.08. The van der Waals surface area contributed by atoms with Crippen LogP contribution in [-0.4, -0.2) is 23.9 Å². The molecule has 0 spiro atoms. The van der Waals surface area contributed by atoms with Crippen LogP contribution in [0.4, 0.5) is 0 Å². The molecule has 0 amide bonds. The minimum absolute atomic E-state index is 0.0434. The van der Waals surface area contributed by atoms with Gasteiger partial charge in [0.1, 0.15) is 0 Å². The Bertz CT molecular complexity index is 131. The molecule has 1 aliphatic heterocycles. The van der Waals surface area contributed by atoms with Crippen LogP contribution in [0.3, 0.4) is 0 Å². The Morgan fingerprint density at radius 3 is 2.09 bits per heavy atom. The Balaban J connectivity index is 2.60. The zero-order valence-corrected chi connectivity index (χ0v) is 7.68. The van der Waals surface area contributed by atoms with E-state index in [9.17, 15) is 5.11 Å². The highest BCUT2D eigenvalue weighted by atomic mass is 16.5. The zero-order valence-electron chi connectivity index (χ0n) is 7.68. The van der Waals surface area contributed by atoms with E-state index < -0.39 is 5.60 Å². The molecule has 0 radical (unpaired) electrons. The lowest BCUT2D eigenvalue weighted by atomic mass is 9.69. The molecule has 0 bridgehead atoms. The molecule has 0 unspecified atom stereocenters. The van der Waals surface area contributed by atoms with Gasteiger partial charge in [0.05, 0.1) is 18.8 Å². The largest absolute Gasteiger partial charge is 0.390 e. The first-order valence-electron chi connectivity index (χ1n) is 4.32. The van der Waals surface area contributed by atoms with Crippen molar-refractivity contribution in [3.05, 3.63) is 0 Å².